The number of hydrogen-bond donors (Lipinski definition) is 0. The third kappa shape index (κ3) is 12.8. The molecule has 4 nitrogen and oxygen atoms in total. The summed E-state index contributed by atoms with van der Waals surface area (Å²) in [6, 6.07) is 3.17. The summed E-state index contributed by atoms with van der Waals surface area (Å²) in [4.78, 5) is 12.9. The van der Waals surface area contributed by atoms with Crippen LogP contribution in [0, 0.1) is 12.0 Å². The Labute approximate surface area is 173 Å². The van der Waals surface area contributed by atoms with Crippen LogP contribution < -0.4 is 5.11 Å². The lowest BCUT2D eigenvalue weighted by Crippen LogP contribution is -2.37. The maximum atomic E-state index is 10.8. The van der Waals surface area contributed by atoms with Crippen molar-refractivity contribution >= 4 is 11.7 Å². The highest BCUT2D eigenvalue weighted by Gasteiger charge is 2.14. The zero-order chi connectivity index (χ0) is 20.5. The molecule has 0 fully saturated rings. The summed E-state index contributed by atoms with van der Waals surface area (Å²) in [7, 11) is 0. The van der Waals surface area contributed by atoms with E-state index in [0.717, 1.165) is 18.8 Å². The van der Waals surface area contributed by atoms with E-state index in [4.69, 9.17) is 0 Å². The highest BCUT2D eigenvalue weighted by molar-refractivity contribution is 5.94. The second-order valence-corrected chi connectivity index (χ2v) is 8.20. The van der Waals surface area contributed by atoms with Gasteiger partial charge in [0.2, 0.25) is 5.71 Å². The van der Waals surface area contributed by atoms with E-state index in [9.17, 15) is 9.90 Å². The maximum Gasteiger partial charge on any atom is 0.226 e. The van der Waals surface area contributed by atoms with Crippen LogP contribution in [0.5, 0.6) is 0 Å². The van der Waals surface area contributed by atoms with Crippen molar-refractivity contribution in [3.8, 4) is 12.0 Å². The van der Waals surface area contributed by atoms with E-state index in [0.29, 0.717) is 6.54 Å². The van der Waals surface area contributed by atoms with E-state index in [-0.39, 0.29) is 6.54 Å². The van der Waals surface area contributed by atoms with Crippen LogP contribution in [0.4, 0.5) is 0 Å². The van der Waals surface area contributed by atoms with E-state index in [1.165, 1.54) is 89.9 Å². The lowest BCUT2D eigenvalue weighted by atomic mass is 10.0. The van der Waals surface area contributed by atoms with Gasteiger partial charge < -0.3 is 14.8 Å². The highest BCUT2D eigenvalue weighted by Crippen LogP contribution is 2.13. The minimum Gasteiger partial charge on any atom is -0.544 e. The zero-order valence-corrected chi connectivity index (χ0v) is 18.4. The standard InChI is InChI=1S/C24H42N2O2/c1-3-4-5-6-7-8-9-10-11-12-13-14-15-16-18-25-19-17-23(2)26(21-20-25)22-24(27)28/h3-16,18,20-22H2,1-2H3. The molecule has 0 aromatic rings. The molecule has 1 rings (SSSR count). The van der Waals surface area contributed by atoms with Gasteiger partial charge in [-0.2, -0.15) is 0 Å². The van der Waals surface area contributed by atoms with Crippen LogP contribution in [0.1, 0.15) is 104 Å². The molecular weight excluding hydrogens is 348 g/mol. The highest BCUT2D eigenvalue weighted by atomic mass is 16.4. The van der Waals surface area contributed by atoms with Crippen molar-refractivity contribution in [2.75, 3.05) is 26.2 Å². The summed E-state index contributed by atoms with van der Waals surface area (Å²) in [5.74, 6) is 2.04. The molecule has 1 aliphatic heterocycles. The van der Waals surface area contributed by atoms with E-state index < -0.39 is 5.97 Å². The molecule has 0 spiro atoms. The van der Waals surface area contributed by atoms with Crippen molar-refractivity contribution < 1.29 is 14.5 Å². The predicted octanol–water partition coefficient (Wildman–Crippen LogP) is 3.97. The number of unbranched alkanes of at least 4 members (excludes halogenated alkanes) is 13. The van der Waals surface area contributed by atoms with Gasteiger partial charge in [0.05, 0.1) is 6.54 Å². The van der Waals surface area contributed by atoms with Crippen LogP contribution in [-0.2, 0) is 4.79 Å². The maximum absolute atomic E-state index is 10.8. The van der Waals surface area contributed by atoms with Crippen LogP contribution >= 0.6 is 0 Å². The molecule has 0 radical (unpaired) electrons. The van der Waals surface area contributed by atoms with E-state index >= 15 is 0 Å². The number of carboxylic acid groups (broad SMARTS) is 1. The summed E-state index contributed by atoms with van der Waals surface area (Å²) in [6.07, 6.45) is 19.2. The summed E-state index contributed by atoms with van der Waals surface area (Å²) in [6.45, 7) is 6.57. The Bertz CT molecular complexity index is 516. The Morgan fingerprint density at radius 2 is 1.43 bits per heavy atom. The minimum absolute atomic E-state index is 0.0623. The molecule has 4 heteroatoms. The van der Waals surface area contributed by atoms with Crippen LogP contribution in [0.2, 0.25) is 0 Å². The van der Waals surface area contributed by atoms with Crippen LogP contribution in [0.25, 0.3) is 0 Å². The fourth-order valence-corrected chi connectivity index (χ4v) is 3.72. The number of carbonyl (C=O) groups excluding carboxylic acids is 1. The van der Waals surface area contributed by atoms with Crippen molar-refractivity contribution in [3.63, 3.8) is 0 Å². The Kier molecular flexibility index (Phi) is 14.4. The lowest BCUT2D eigenvalue weighted by Gasteiger charge is -2.15. The smallest absolute Gasteiger partial charge is 0.226 e. The summed E-state index contributed by atoms with van der Waals surface area (Å²) < 4.78 is 1.80. The fourth-order valence-electron chi connectivity index (χ4n) is 3.72. The summed E-state index contributed by atoms with van der Waals surface area (Å²) >= 11 is 0. The SMILES string of the molecule is CCCCCCCCCCCCCCCCN1C#CC(C)=[N+](CC(=O)[O-])CC1. The normalized spacial score (nSPS) is 14.0. The molecule has 1 aliphatic rings. The molecular formula is C24H42N2O2. The fraction of sp³-hybridized carbons (Fsp3) is 0.833. The molecule has 0 atom stereocenters. The molecule has 0 aromatic carbocycles. The third-order valence-electron chi connectivity index (χ3n) is 5.61. The molecule has 0 bridgehead atoms. The van der Waals surface area contributed by atoms with Gasteiger partial charge in [-0.1, -0.05) is 90.4 Å². The first-order valence-corrected chi connectivity index (χ1v) is 11.7. The van der Waals surface area contributed by atoms with Crippen LogP contribution in [-0.4, -0.2) is 47.3 Å². The first-order valence-electron chi connectivity index (χ1n) is 11.7. The Hall–Kier alpha value is -1.50. The molecule has 160 valence electrons. The van der Waals surface area contributed by atoms with E-state index in [1.54, 1.807) is 4.58 Å². The number of carbonyl (C=O) groups is 1. The number of aliphatic carboxylic acids is 1. The quantitative estimate of drug-likeness (QED) is 0.214. The van der Waals surface area contributed by atoms with Gasteiger partial charge in [0.15, 0.2) is 13.1 Å². The number of hydrogen-bond acceptors (Lipinski definition) is 3. The first-order chi connectivity index (χ1) is 13.6. The molecule has 0 amide bonds. The summed E-state index contributed by atoms with van der Waals surface area (Å²) in [5, 5.41) is 10.8. The first kappa shape index (κ1) is 24.5. The lowest BCUT2D eigenvalue weighted by molar-refractivity contribution is -0.526. The Balaban J connectivity index is 1.93. The molecule has 0 N–H and O–H groups in total. The second kappa shape index (κ2) is 16.5. The van der Waals surface area contributed by atoms with Gasteiger partial charge in [0.25, 0.3) is 0 Å². The number of nitrogens with zero attached hydrogens (tertiary/aromatic N) is 2. The van der Waals surface area contributed by atoms with Gasteiger partial charge in [-0.15, -0.1) is 0 Å². The van der Waals surface area contributed by atoms with Crippen LogP contribution in [0.3, 0.4) is 0 Å². The van der Waals surface area contributed by atoms with Crippen LogP contribution in [0.15, 0.2) is 0 Å². The molecule has 0 unspecified atom stereocenters. The Morgan fingerprint density at radius 3 is 1.93 bits per heavy atom. The average molecular weight is 391 g/mol. The summed E-state index contributed by atoms with van der Waals surface area (Å²) in [5.41, 5.74) is 0.827. The molecule has 0 aliphatic carbocycles. The number of carboxylic acids is 1. The topological polar surface area (TPSA) is 46.4 Å². The largest absolute Gasteiger partial charge is 0.544 e. The van der Waals surface area contributed by atoms with Gasteiger partial charge in [0, 0.05) is 25.4 Å². The van der Waals surface area contributed by atoms with Gasteiger partial charge >= 0.3 is 0 Å². The number of rotatable bonds is 17. The van der Waals surface area contributed by atoms with Crippen molar-refractivity contribution in [1.29, 1.82) is 0 Å². The second-order valence-electron chi connectivity index (χ2n) is 8.20. The van der Waals surface area contributed by atoms with Crippen molar-refractivity contribution in [3.05, 3.63) is 0 Å². The molecule has 1 heterocycles. The van der Waals surface area contributed by atoms with E-state index in [1.807, 2.05) is 6.92 Å². The van der Waals surface area contributed by atoms with Gasteiger partial charge in [-0.25, -0.2) is 4.58 Å². The van der Waals surface area contributed by atoms with Crippen molar-refractivity contribution in [2.24, 2.45) is 0 Å². The molecule has 0 saturated carbocycles. The molecule has 0 aromatic heterocycles. The average Bonchev–Trinajstić information content (AvgIpc) is 2.84. The third-order valence-corrected chi connectivity index (χ3v) is 5.61. The molecule has 28 heavy (non-hydrogen) atoms. The van der Waals surface area contributed by atoms with Crippen molar-refractivity contribution in [2.45, 2.75) is 104 Å². The van der Waals surface area contributed by atoms with E-state index in [2.05, 4.69) is 23.8 Å². The van der Waals surface area contributed by atoms with Gasteiger partial charge in [-0.05, 0) is 6.42 Å². The van der Waals surface area contributed by atoms with Gasteiger partial charge in [0.1, 0.15) is 5.97 Å². The predicted molar refractivity (Wildman–Crippen MR) is 115 cm³/mol. The molecule has 0 saturated heterocycles. The van der Waals surface area contributed by atoms with Gasteiger partial charge in [-0.3, -0.25) is 0 Å². The van der Waals surface area contributed by atoms with Crippen molar-refractivity contribution in [1.82, 2.24) is 4.90 Å². The zero-order valence-electron chi connectivity index (χ0n) is 18.4. The monoisotopic (exact) mass is 390 g/mol. The minimum atomic E-state index is -1.04. The Morgan fingerprint density at radius 1 is 0.929 bits per heavy atom.